The fraction of sp³-hybridized carbons (Fsp3) is 0.0370. The fourth-order valence-corrected chi connectivity index (χ4v) is 10.3. The molecule has 0 radical (unpaired) electrons. The maximum absolute atomic E-state index is 13.3. The van der Waals surface area contributed by atoms with Gasteiger partial charge in [-0.2, -0.15) is 0 Å². The van der Waals surface area contributed by atoms with Crippen molar-refractivity contribution in [3.05, 3.63) is 133 Å². The van der Waals surface area contributed by atoms with E-state index in [2.05, 4.69) is 43.0 Å². The minimum atomic E-state index is -3.54. The maximum Gasteiger partial charge on any atom is 0.185 e. The summed E-state index contributed by atoms with van der Waals surface area (Å²) in [6.07, 6.45) is 0. The number of rotatable bonds is 7. The summed E-state index contributed by atoms with van der Waals surface area (Å²) in [6, 6.07) is 39.2. The lowest BCUT2D eigenvalue weighted by Gasteiger charge is -2.29. The van der Waals surface area contributed by atoms with E-state index in [1.807, 2.05) is 60.7 Å². The molecule has 0 unspecified atom stereocenters. The van der Waals surface area contributed by atoms with E-state index in [1.54, 1.807) is 24.3 Å². The molecule has 0 amide bonds. The zero-order valence-electron chi connectivity index (χ0n) is 17.5. The highest BCUT2D eigenvalue weighted by atomic mass is 127. The van der Waals surface area contributed by atoms with Gasteiger partial charge in [0.1, 0.15) is 28.9 Å². The van der Waals surface area contributed by atoms with Gasteiger partial charge >= 0.3 is 0 Å². The molecule has 0 heterocycles. The summed E-state index contributed by atoms with van der Waals surface area (Å²) in [5.74, 6) is -0.108. The van der Waals surface area contributed by atoms with E-state index in [0.717, 1.165) is 21.2 Å². The highest BCUT2D eigenvalue weighted by Crippen LogP contribution is 2.62. The minimum absolute atomic E-state index is 0. The first-order valence-corrected chi connectivity index (χ1v) is 13.5. The molecule has 162 valence electrons. The van der Waals surface area contributed by atoms with Gasteiger partial charge in [-0.1, -0.05) is 79.4 Å². The Kier molecular flexibility index (Phi) is 8.05. The molecule has 0 aliphatic carbocycles. The Morgan fingerprint density at radius 1 is 0.594 bits per heavy atom. The van der Waals surface area contributed by atoms with E-state index < -0.39 is 17.1 Å². The smallest absolute Gasteiger partial charge is 0.185 e. The minimum Gasteiger partial charge on any atom is -1.00 e. The third-order valence-electron chi connectivity index (χ3n) is 5.36. The van der Waals surface area contributed by atoms with Gasteiger partial charge in [-0.05, 0) is 48.5 Å². The Morgan fingerprint density at radius 3 is 1.25 bits per heavy atom. The average molecular weight is 570 g/mol. The largest absolute Gasteiger partial charge is 1.00 e. The number of hydrogen-bond acceptors (Lipinski definition) is 2. The van der Waals surface area contributed by atoms with Crippen molar-refractivity contribution in [1.29, 1.82) is 0 Å². The summed E-state index contributed by atoms with van der Waals surface area (Å²) < 4.78 is 26.7. The van der Waals surface area contributed by atoms with Crippen LogP contribution in [-0.4, -0.2) is 14.2 Å². The van der Waals surface area contributed by atoms with Crippen LogP contribution in [0.5, 0.6) is 0 Å². The Labute approximate surface area is 208 Å². The Hall–Kier alpha value is -2.27. The van der Waals surface area contributed by atoms with E-state index in [-0.39, 0.29) is 29.7 Å². The van der Waals surface area contributed by atoms with Crippen LogP contribution in [-0.2, 0) is 9.84 Å². The molecule has 0 bridgehead atoms. The van der Waals surface area contributed by atoms with Gasteiger partial charge in [0.05, 0.1) is 10.2 Å². The van der Waals surface area contributed by atoms with E-state index in [1.165, 1.54) is 0 Å². The first-order valence-electron chi connectivity index (χ1n) is 10.1. The van der Waals surface area contributed by atoms with Crippen molar-refractivity contribution in [3.8, 4) is 0 Å². The summed E-state index contributed by atoms with van der Waals surface area (Å²) in [4.78, 5) is 0.323. The number of halogens is 1. The number of hydrogen-bond donors (Lipinski definition) is 0. The number of sulfone groups is 1. The molecular formula is C27H24IO2PS. The summed E-state index contributed by atoms with van der Waals surface area (Å²) in [7, 11) is -5.97. The molecule has 4 aromatic carbocycles. The molecule has 0 aliphatic rings. The van der Waals surface area contributed by atoms with Crippen LogP contribution in [0.1, 0.15) is 0 Å². The lowest BCUT2D eigenvalue weighted by molar-refractivity contribution is -0.00000840. The van der Waals surface area contributed by atoms with Crippen LogP contribution in [0.25, 0.3) is 0 Å². The molecule has 4 rings (SSSR count). The standard InChI is InChI=1S/C27H24O2PS.HI/c1-23(22-31(28,29)27-20-12-5-13-21-27)30(24-14-6-2-7-15-24,25-16-8-3-9-17-25)26-18-10-4-11-19-26;/h2-21H,1,22H2;1H/q+1;/p-1. The van der Waals surface area contributed by atoms with Crippen molar-refractivity contribution >= 4 is 33.0 Å². The molecule has 0 spiro atoms. The maximum atomic E-state index is 13.3. The molecule has 5 heteroatoms. The zero-order valence-corrected chi connectivity index (χ0v) is 21.4. The van der Waals surface area contributed by atoms with Crippen molar-refractivity contribution < 1.29 is 32.4 Å². The second-order valence-corrected chi connectivity index (χ2v) is 12.8. The van der Waals surface area contributed by atoms with Crippen molar-refractivity contribution in [2.45, 2.75) is 4.90 Å². The lowest BCUT2D eigenvalue weighted by Crippen LogP contribution is -3.00. The third-order valence-corrected chi connectivity index (χ3v) is 11.6. The molecular weight excluding hydrogens is 546 g/mol. The van der Waals surface area contributed by atoms with Gasteiger partial charge in [-0.15, -0.1) is 0 Å². The van der Waals surface area contributed by atoms with Gasteiger partial charge in [-0.3, -0.25) is 0 Å². The third kappa shape index (κ3) is 4.73. The Balaban J connectivity index is 0.00000289. The van der Waals surface area contributed by atoms with E-state index in [9.17, 15) is 8.42 Å². The van der Waals surface area contributed by atoms with Gasteiger partial charge in [0.25, 0.3) is 0 Å². The monoisotopic (exact) mass is 570 g/mol. The molecule has 0 N–H and O–H groups in total. The molecule has 32 heavy (non-hydrogen) atoms. The first kappa shape index (κ1) is 24.4. The first-order chi connectivity index (χ1) is 15.0. The van der Waals surface area contributed by atoms with Crippen molar-refractivity contribution in [2.75, 3.05) is 5.75 Å². The second-order valence-electron chi connectivity index (χ2n) is 7.32. The molecule has 4 aromatic rings. The molecule has 0 aliphatic heterocycles. The molecule has 0 aromatic heterocycles. The SMILES string of the molecule is C=C(CS(=O)(=O)c1ccccc1)[P+](c1ccccc1)(c1ccccc1)c1ccccc1.[I-]. The number of benzene rings is 4. The molecule has 0 fully saturated rings. The second kappa shape index (κ2) is 10.6. The van der Waals surface area contributed by atoms with E-state index in [0.29, 0.717) is 4.90 Å². The van der Waals surface area contributed by atoms with E-state index >= 15 is 0 Å². The van der Waals surface area contributed by atoms with Crippen LogP contribution in [0, 0.1) is 0 Å². The van der Waals surface area contributed by atoms with Crippen LogP contribution in [0.2, 0.25) is 0 Å². The summed E-state index contributed by atoms with van der Waals surface area (Å²) in [5, 5.41) is 4.02. The lowest BCUT2D eigenvalue weighted by atomic mass is 10.4. The van der Waals surface area contributed by atoms with Crippen molar-refractivity contribution in [3.63, 3.8) is 0 Å². The van der Waals surface area contributed by atoms with Gasteiger partial charge < -0.3 is 24.0 Å². The zero-order chi connectivity index (χ0) is 21.7. The van der Waals surface area contributed by atoms with Crippen LogP contribution < -0.4 is 39.9 Å². The fourth-order valence-electron chi connectivity index (χ4n) is 3.98. The topological polar surface area (TPSA) is 34.1 Å². The summed E-state index contributed by atoms with van der Waals surface area (Å²) >= 11 is 0. The quantitative estimate of drug-likeness (QED) is 0.252. The summed E-state index contributed by atoms with van der Waals surface area (Å²) in [6.45, 7) is 4.44. The van der Waals surface area contributed by atoms with Crippen LogP contribution in [0.3, 0.4) is 0 Å². The van der Waals surface area contributed by atoms with Gasteiger partial charge in [0.2, 0.25) is 0 Å². The van der Waals surface area contributed by atoms with Gasteiger partial charge in [-0.25, -0.2) is 8.42 Å². The summed E-state index contributed by atoms with van der Waals surface area (Å²) in [5.41, 5.74) is 0. The normalized spacial score (nSPS) is 11.4. The van der Waals surface area contributed by atoms with Crippen LogP contribution in [0.15, 0.2) is 138 Å². The molecule has 0 atom stereocenters. The highest BCUT2D eigenvalue weighted by Gasteiger charge is 2.49. The van der Waals surface area contributed by atoms with E-state index in [4.69, 9.17) is 0 Å². The predicted octanol–water partition coefficient (Wildman–Crippen LogP) is 1.97. The van der Waals surface area contributed by atoms with Crippen LogP contribution >= 0.6 is 7.26 Å². The molecule has 2 nitrogen and oxygen atoms in total. The molecule has 0 saturated heterocycles. The van der Waals surface area contributed by atoms with Gasteiger partial charge in [0.15, 0.2) is 9.84 Å². The van der Waals surface area contributed by atoms with Crippen LogP contribution in [0.4, 0.5) is 0 Å². The molecule has 0 saturated carbocycles. The van der Waals surface area contributed by atoms with Crippen molar-refractivity contribution in [2.24, 2.45) is 0 Å². The van der Waals surface area contributed by atoms with Gasteiger partial charge in [0, 0.05) is 0 Å². The van der Waals surface area contributed by atoms with Crippen molar-refractivity contribution in [1.82, 2.24) is 0 Å². The predicted molar refractivity (Wildman–Crippen MR) is 133 cm³/mol. The highest BCUT2D eigenvalue weighted by molar-refractivity contribution is 8.00. The Bertz CT molecular complexity index is 1160. The Morgan fingerprint density at radius 2 is 0.906 bits per heavy atom. The average Bonchev–Trinajstić information content (AvgIpc) is 2.82.